The van der Waals surface area contributed by atoms with Crippen molar-refractivity contribution in [2.45, 2.75) is 41.7 Å². The second-order valence-electron chi connectivity index (χ2n) is 7.08. The van der Waals surface area contributed by atoms with Gasteiger partial charge in [-0.1, -0.05) is 0 Å². The summed E-state index contributed by atoms with van der Waals surface area (Å²) in [6.45, 7) is 3.33. The van der Waals surface area contributed by atoms with Crippen molar-refractivity contribution in [2.75, 3.05) is 26.7 Å². The molecule has 140 valence electrons. The normalized spacial score (nSPS) is 24.2. The first-order chi connectivity index (χ1) is 12.5. The van der Waals surface area contributed by atoms with E-state index in [9.17, 15) is 4.79 Å². The van der Waals surface area contributed by atoms with Gasteiger partial charge >= 0.3 is 6.09 Å². The van der Waals surface area contributed by atoms with Gasteiger partial charge in [0, 0.05) is 27.1 Å². The molecule has 0 radical (unpaired) electrons. The van der Waals surface area contributed by atoms with Gasteiger partial charge in [0.1, 0.15) is 17.7 Å². The molecule has 2 fully saturated rings. The molecular weight excluding hydrogens is 354 g/mol. The summed E-state index contributed by atoms with van der Waals surface area (Å²) < 4.78 is 13.5. The highest BCUT2D eigenvalue weighted by molar-refractivity contribution is 7.99. The molecule has 0 saturated carbocycles. The molecule has 2 aromatic rings. The van der Waals surface area contributed by atoms with E-state index in [4.69, 9.17) is 9.15 Å². The summed E-state index contributed by atoms with van der Waals surface area (Å²) in [5, 5.41) is 9.55. The Morgan fingerprint density at radius 3 is 2.88 bits per heavy atom. The summed E-state index contributed by atoms with van der Waals surface area (Å²) >= 11 is 1.46. The van der Waals surface area contributed by atoms with Crippen molar-refractivity contribution < 1.29 is 13.9 Å². The highest BCUT2D eigenvalue weighted by Crippen LogP contribution is 2.33. The molecule has 0 N–H and O–H groups in total. The molecule has 9 heteroatoms. The van der Waals surface area contributed by atoms with Crippen molar-refractivity contribution in [3.8, 4) is 0 Å². The Balaban J connectivity index is 1.35. The van der Waals surface area contributed by atoms with Gasteiger partial charge in [-0.3, -0.25) is 4.90 Å². The second kappa shape index (κ2) is 6.96. The number of hydrogen-bond donors (Lipinski definition) is 0. The minimum atomic E-state index is -0.310. The maximum absolute atomic E-state index is 11.8. The van der Waals surface area contributed by atoms with Gasteiger partial charge in [0.2, 0.25) is 0 Å². The molecule has 4 heterocycles. The SMILES string of the molecule is CN1CC2(CCCN(Cc3ccc(Sc4nncn4C)o3)CC2)OC1=O. The fourth-order valence-corrected chi connectivity index (χ4v) is 4.35. The van der Waals surface area contributed by atoms with Crippen molar-refractivity contribution >= 4 is 17.9 Å². The lowest BCUT2D eigenvalue weighted by Crippen LogP contribution is -2.35. The first-order valence-corrected chi connectivity index (χ1v) is 9.62. The van der Waals surface area contributed by atoms with E-state index >= 15 is 0 Å². The van der Waals surface area contributed by atoms with Gasteiger partial charge in [0.05, 0.1) is 13.1 Å². The Morgan fingerprint density at radius 2 is 2.15 bits per heavy atom. The molecule has 2 aromatic heterocycles. The summed E-state index contributed by atoms with van der Waals surface area (Å²) in [5.41, 5.74) is -0.310. The molecule has 4 rings (SSSR count). The molecule has 8 nitrogen and oxygen atoms in total. The molecule has 0 bridgehead atoms. The molecule has 2 saturated heterocycles. The third-order valence-corrected chi connectivity index (χ3v) is 5.98. The number of carbonyl (C=O) groups is 1. The van der Waals surface area contributed by atoms with Crippen LogP contribution in [0, 0.1) is 0 Å². The highest BCUT2D eigenvalue weighted by Gasteiger charge is 2.44. The number of aromatic nitrogens is 3. The van der Waals surface area contributed by atoms with Gasteiger partial charge < -0.3 is 18.6 Å². The van der Waals surface area contributed by atoms with E-state index < -0.39 is 0 Å². The van der Waals surface area contributed by atoms with Crippen molar-refractivity contribution in [3.05, 3.63) is 24.2 Å². The number of ether oxygens (including phenoxy) is 1. The van der Waals surface area contributed by atoms with Crippen LogP contribution in [-0.2, 0) is 18.3 Å². The number of nitrogens with zero attached hydrogens (tertiary/aromatic N) is 5. The Kier molecular flexibility index (Phi) is 4.66. The number of aryl methyl sites for hydroxylation is 1. The van der Waals surface area contributed by atoms with E-state index in [0.29, 0.717) is 6.54 Å². The smallest absolute Gasteiger partial charge is 0.410 e. The highest BCUT2D eigenvalue weighted by atomic mass is 32.2. The number of likely N-dealkylation sites (tertiary alicyclic amines) is 1. The van der Waals surface area contributed by atoms with E-state index in [1.807, 2.05) is 23.7 Å². The van der Waals surface area contributed by atoms with Gasteiger partial charge in [0.25, 0.3) is 0 Å². The van der Waals surface area contributed by atoms with Crippen molar-refractivity contribution in [2.24, 2.45) is 7.05 Å². The molecule has 1 atom stereocenters. The van der Waals surface area contributed by atoms with E-state index in [1.54, 1.807) is 18.3 Å². The number of carbonyl (C=O) groups excluding carboxylic acids is 1. The lowest BCUT2D eigenvalue weighted by atomic mass is 9.95. The van der Waals surface area contributed by atoms with Gasteiger partial charge in [-0.25, -0.2) is 4.79 Å². The number of amides is 1. The van der Waals surface area contributed by atoms with Crippen LogP contribution in [0.1, 0.15) is 25.0 Å². The van der Waals surface area contributed by atoms with Crippen LogP contribution in [0.4, 0.5) is 4.79 Å². The van der Waals surface area contributed by atoms with Crippen LogP contribution < -0.4 is 0 Å². The zero-order valence-corrected chi connectivity index (χ0v) is 15.9. The third kappa shape index (κ3) is 3.59. The van der Waals surface area contributed by atoms with Crippen LogP contribution in [0.3, 0.4) is 0 Å². The first-order valence-electron chi connectivity index (χ1n) is 8.80. The molecule has 1 unspecified atom stereocenters. The number of furan rings is 1. The van der Waals surface area contributed by atoms with E-state index in [-0.39, 0.29) is 11.7 Å². The van der Waals surface area contributed by atoms with Gasteiger partial charge in [-0.2, -0.15) is 0 Å². The molecule has 2 aliphatic rings. The van der Waals surface area contributed by atoms with Crippen LogP contribution >= 0.6 is 11.8 Å². The van der Waals surface area contributed by atoms with E-state index in [2.05, 4.69) is 15.1 Å². The number of rotatable bonds is 4. The van der Waals surface area contributed by atoms with Crippen molar-refractivity contribution in [3.63, 3.8) is 0 Å². The van der Waals surface area contributed by atoms with Crippen molar-refractivity contribution in [1.29, 1.82) is 0 Å². The standard InChI is InChI=1S/C17H23N5O3S/c1-20-11-17(25-16(20)23)6-3-8-22(9-7-17)10-13-4-5-14(24-13)26-15-19-18-12-21(15)2/h4-5,12H,3,6-11H2,1-2H3. The monoisotopic (exact) mass is 377 g/mol. The average Bonchev–Trinajstić information content (AvgIpc) is 3.24. The number of hydrogen-bond acceptors (Lipinski definition) is 7. The molecule has 2 aliphatic heterocycles. The second-order valence-corrected chi connectivity index (χ2v) is 8.06. The molecule has 0 aromatic carbocycles. The minimum absolute atomic E-state index is 0.199. The summed E-state index contributed by atoms with van der Waals surface area (Å²) in [5.74, 6) is 0.936. The maximum atomic E-state index is 11.8. The topological polar surface area (TPSA) is 76.6 Å². The lowest BCUT2D eigenvalue weighted by molar-refractivity contribution is 0.0441. The Labute approximate surface area is 156 Å². The quantitative estimate of drug-likeness (QED) is 0.809. The molecule has 1 amide bonds. The average molecular weight is 377 g/mol. The summed E-state index contributed by atoms with van der Waals surface area (Å²) in [6, 6.07) is 3.99. The fourth-order valence-electron chi connectivity index (χ4n) is 3.61. The molecular formula is C17H23N5O3S. The third-order valence-electron chi connectivity index (χ3n) is 5.01. The number of likely N-dealkylation sites (N-methyl/N-ethyl adjacent to an activating group) is 1. The van der Waals surface area contributed by atoms with E-state index in [1.165, 1.54) is 11.8 Å². The Hall–Kier alpha value is -2.00. The van der Waals surface area contributed by atoms with Crippen LogP contribution in [0.15, 0.2) is 33.1 Å². The Morgan fingerprint density at radius 1 is 1.27 bits per heavy atom. The van der Waals surface area contributed by atoms with Gasteiger partial charge in [0.15, 0.2) is 10.2 Å². The molecule has 0 aliphatic carbocycles. The Bertz CT molecular complexity index is 791. The van der Waals surface area contributed by atoms with Crippen LogP contribution in [-0.4, -0.2) is 62.9 Å². The van der Waals surface area contributed by atoms with E-state index in [0.717, 1.165) is 54.9 Å². The van der Waals surface area contributed by atoms with Crippen molar-refractivity contribution in [1.82, 2.24) is 24.6 Å². The summed E-state index contributed by atoms with van der Waals surface area (Å²) in [7, 11) is 3.71. The van der Waals surface area contributed by atoms with Crippen LogP contribution in [0.5, 0.6) is 0 Å². The van der Waals surface area contributed by atoms with Gasteiger partial charge in [-0.15, -0.1) is 10.2 Å². The largest absolute Gasteiger partial charge is 0.453 e. The van der Waals surface area contributed by atoms with Crippen LogP contribution in [0.2, 0.25) is 0 Å². The summed E-state index contributed by atoms with van der Waals surface area (Å²) in [6.07, 6.45) is 4.28. The fraction of sp³-hybridized carbons (Fsp3) is 0.588. The zero-order chi connectivity index (χ0) is 18.1. The maximum Gasteiger partial charge on any atom is 0.410 e. The zero-order valence-electron chi connectivity index (χ0n) is 15.1. The first kappa shape index (κ1) is 17.4. The lowest BCUT2D eigenvalue weighted by Gasteiger charge is -2.25. The molecule has 26 heavy (non-hydrogen) atoms. The predicted molar refractivity (Wildman–Crippen MR) is 94.8 cm³/mol. The summed E-state index contributed by atoms with van der Waals surface area (Å²) in [4.78, 5) is 15.8. The van der Waals surface area contributed by atoms with Crippen LogP contribution in [0.25, 0.3) is 0 Å². The molecule has 1 spiro atoms. The minimum Gasteiger partial charge on any atom is -0.453 e. The van der Waals surface area contributed by atoms with Gasteiger partial charge in [-0.05, 0) is 43.3 Å². The predicted octanol–water partition coefficient (Wildman–Crippen LogP) is 2.37.